The van der Waals surface area contributed by atoms with Gasteiger partial charge in [0.1, 0.15) is 6.04 Å². The second-order valence-electron chi connectivity index (χ2n) is 7.33. The zero-order valence-corrected chi connectivity index (χ0v) is 15.8. The summed E-state index contributed by atoms with van der Waals surface area (Å²) in [7, 11) is 0. The molecule has 3 N–H and O–H groups in total. The molecular formula is C20H29N3O3. The van der Waals surface area contributed by atoms with Crippen LogP contribution in [0, 0.1) is 18.8 Å². The summed E-state index contributed by atoms with van der Waals surface area (Å²) in [6.07, 6.45) is 2.47. The van der Waals surface area contributed by atoms with E-state index in [-0.39, 0.29) is 29.6 Å². The van der Waals surface area contributed by atoms with E-state index in [9.17, 15) is 14.4 Å². The monoisotopic (exact) mass is 359 g/mol. The minimum absolute atomic E-state index is 0.0610. The van der Waals surface area contributed by atoms with Crippen molar-refractivity contribution in [3.63, 3.8) is 0 Å². The lowest BCUT2D eigenvalue weighted by Crippen LogP contribution is -2.49. The van der Waals surface area contributed by atoms with Crippen LogP contribution in [-0.2, 0) is 9.59 Å². The van der Waals surface area contributed by atoms with Gasteiger partial charge in [0, 0.05) is 24.6 Å². The summed E-state index contributed by atoms with van der Waals surface area (Å²) in [5.41, 5.74) is 1.45. The van der Waals surface area contributed by atoms with Gasteiger partial charge in [0.05, 0.1) is 0 Å². The van der Waals surface area contributed by atoms with E-state index >= 15 is 0 Å². The summed E-state index contributed by atoms with van der Waals surface area (Å²) >= 11 is 0. The number of hydrogen-bond donors (Lipinski definition) is 3. The van der Waals surface area contributed by atoms with Crippen LogP contribution in [0.4, 0.5) is 0 Å². The topological polar surface area (TPSA) is 87.3 Å². The fourth-order valence-corrected chi connectivity index (χ4v) is 2.75. The molecule has 26 heavy (non-hydrogen) atoms. The number of carbonyl (C=O) groups is 3. The van der Waals surface area contributed by atoms with Crippen LogP contribution < -0.4 is 16.0 Å². The van der Waals surface area contributed by atoms with Crippen molar-refractivity contribution in [1.29, 1.82) is 0 Å². The van der Waals surface area contributed by atoms with E-state index < -0.39 is 6.04 Å². The Labute approximate surface area is 155 Å². The van der Waals surface area contributed by atoms with E-state index in [0.29, 0.717) is 25.1 Å². The summed E-state index contributed by atoms with van der Waals surface area (Å²) in [6, 6.07) is 6.71. The fraction of sp³-hybridized carbons (Fsp3) is 0.550. The second-order valence-corrected chi connectivity index (χ2v) is 7.33. The van der Waals surface area contributed by atoms with Crippen LogP contribution in [0.1, 0.15) is 49.0 Å². The molecule has 2 rings (SSSR count). The molecular weight excluding hydrogens is 330 g/mol. The van der Waals surface area contributed by atoms with Gasteiger partial charge in [-0.15, -0.1) is 0 Å². The van der Waals surface area contributed by atoms with Crippen molar-refractivity contribution in [2.24, 2.45) is 11.8 Å². The zero-order chi connectivity index (χ0) is 19.1. The first-order chi connectivity index (χ1) is 12.4. The molecule has 0 radical (unpaired) electrons. The van der Waals surface area contributed by atoms with Gasteiger partial charge in [-0.25, -0.2) is 0 Å². The van der Waals surface area contributed by atoms with Gasteiger partial charge >= 0.3 is 0 Å². The van der Waals surface area contributed by atoms with Gasteiger partial charge in [-0.2, -0.15) is 0 Å². The molecule has 1 unspecified atom stereocenters. The van der Waals surface area contributed by atoms with E-state index in [1.165, 1.54) is 0 Å². The highest BCUT2D eigenvalue weighted by Crippen LogP contribution is 2.28. The second kappa shape index (κ2) is 9.36. The summed E-state index contributed by atoms with van der Waals surface area (Å²) < 4.78 is 0. The minimum Gasteiger partial charge on any atom is -0.354 e. The van der Waals surface area contributed by atoms with Crippen LogP contribution in [0.15, 0.2) is 24.3 Å². The Morgan fingerprint density at radius 1 is 1.08 bits per heavy atom. The molecule has 0 aromatic heterocycles. The molecule has 1 aliphatic carbocycles. The first-order valence-electron chi connectivity index (χ1n) is 9.30. The Bertz CT molecular complexity index is 653. The Hall–Kier alpha value is -2.37. The van der Waals surface area contributed by atoms with Crippen molar-refractivity contribution in [3.8, 4) is 0 Å². The number of benzene rings is 1. The summed E-state index contributed by atoms with van der Waals surface area (Å²) in [5.74, 6) is 0.0170. The Morgan fingerprint density at radius 2 is 1.73 bits per heavy atom. The van der Waals surface area contributed by atoms with Crippen molar-refractivity contribution < 1.29 is 14.4 Å². The largest absolute Gasteiger partial charge is 0.354 e. The van der Waals surface area contributed by atoms with Gasteiger partial charge < -0.3 is 16.0 Å². The van der Waals surface area contributed by atoms with E-state index in [1.54, 1.807) is 6.07 Å². The highest BCUT2D eigenvalue weighted by atomic mass is 16.2. The Kier molecular flexibility index (Phi) is 7.18. The molecule has 6 heteroatoms. The van der Waals surface area contributed by atoms with Crippen molar-refractivity contribution in [1.82, 2.24) is 16.0 Å². The maximum atomic E-state index is 12.5. The van der Waals surface area contributed by atoms with Gasteiger partial charge in [0.15, 0.2) is 0 Å². The van der Waals surface area contributed by atoms with Crippen LogP contribution in [0.25, 0.3) is 0 Å². The predicted molar refractivity (Wildman–Crippen MR) is 101 cm³/mol. The van der Waals surface area contributed by atoms with Gasteiger partial charge in [-0.05, 0) is 43.7 Å². The molecule has 142 valence electrons. The molecule has 6 nitrogen and oxygen atoms in total. The first-order valence-corrected chi connectivity index (χ1v) is 9.30. The van der Waals surface area contributed by atoms with Crippen molar-refractivity contribution >= 4 is 17.7 Å². The van der Waals surface area contributed by atoms with Gasteiger partial charge in [0.25, 0.3) is 5.91 Å². The number of rotatable bonds is 9. The summed E-state index contributed by atoms with van der Waals surface area (Å²) in [4.78, 5) is 36.6. The van der Waals surface area contributed by atoms with Gasteiger partial charge in [0.2, 0.25) is 11.8 Å². The van der Waals surface area contributed by atoms with Crippen molar-refractivity contribution in [2.45, 2.75) is 46.1 Å². The molecule has 0 heterocycles. The number of carbonyl (C=O) groups excluding carboxylic acids is 3. The quantitative estimate of drug-likeness (QED) is 0.587. The number of nitrogens with one attached hydrogen (secondary N) is 3. The van der Waals surface area contributed by atoms with Crippen molar-refractivity contribution in [2.75, 3.05) is 13.1 Å². The highest BCUT2D eigenvalue weighted by Gasteiger charge is 2.29. The average Bonchev–Trinajstić information content (AvgIpc) is 3.42. The molecule has 0 saturated heterocycles. The molecule has 0 spiro atoms. The molecule has 0 aliphatic heterocycles. The van der Waals surface area contributed by atoms with Gasteiger partial charge in [-0.3, -0.25) is 14.4 Å². The molecule has 1 aromatic carbocycles. The number of aryl methyl sites for hydroxylation is 1. The third kappa shape index (κ3) is 6.17. The third-order valence-corrected chi connectivity index (χ3v) is 4.39. The van der Waals surface area contributed by atoms with E-state index in [2.05, 4.69) is 16.0 Å². The maximum Gasteiger partial charge on any atom is 0.252 e. The number of amides is 3. The molecule has 3 amide bonds. The normalized spacial score (nSPS) is 14.6. The minimum atomic E-state index is -0.596. The molecule has 1 saturated carbocycles. The van der Waals surface area contributed by atoms with E-state index in [0.717, 1.165) is 18.4 Å². The highest BCUT2D eigenvalue weighted by molar-refractivity contribution is 5.98. The third-order valence-electron chi connectivity index (χ3n) is 4.39. The first kappa shape index (κ1) is 19.9. The molecule has 1 aliphatic rings. The van der Waals surface area contributed by atoms with Crippen molar-refractivity contribution in [3.05, 3.63) is 35.4 Å². The molecule has 1 atom stereocenters. The summed E-state index contributed by atoms with van der Waals surface area (Å²) in [6.45, 7) is 6.65. The average molecular weight is 359 g/mol. The molecule has 0 bridgehead atoms. The van der Waals surface area contributed by atoms with Crippen LogP contribution in [0.3, 0.4) is 0 Å². The SMILES string of the molecule is Cc1ccccc1C(=O)NC(CC(C)C)C(=O)NCCNC(=O)C1CC1. The Morgan fingerprint density at radius 3 is 2.35 bits per heavy atom. The predicted octanol–water partition coefficient (Wildman–Crippen LogP) is 1.78. The lowest BCUT2D eigenvalue weighted by molar-refractivity contribution is -0.124. The zero-order valence-electron chi connectivity index (χ0n) is 15.8. The smallest absolute Gasteiger partial charge is 0.252 e. The van der Waals surface area contributed by atoms with Crippen LogP contribution in [0.5, 0.6) is 0 Å². The Balaban J connectivity index is 1.86. The van der Waals surface area contributed by atoms with Crippen LogP contribution in [0.2, 0.25) is 0 Å². The van der Waals surface area contributed by atoms with E-state index in [4.69, 9.17) is 0 Å². The lowest BCUT2D eigenvalue weighted by atomic mass is 10.0. The standard InChI is InChI=1S/C20H29N3O3/c1-13(2)12-17(23-19(25)16-7-5-4-6-14(16)3)20(26)22-11-10-21-18(24)15-8-9-15/h4-7,13,15,17H,8-12H2,1-3H3,(H,21,24)(H,22,26)(H,23,25). The molecule has 1 aromatic rings. The van der Waals surface area contributed by atoms with E-state index in [1.807, 2.05) is 39.0 Å². The number of hydrogen-bond acceptors (Lipinski definition) is 3. The molecule has 1 fully saturated rings. The van der Waals surface area contributed by atoms with Crippen LogP contribution >= 0.6 is 0 Å². The van der Waals surface area contributed by atoms with Crippen LogP contribution in [-0.4, -0.2) is 36.9 Å². The fourth-order valence-electron chi connectivity index (χ4n) is 2.75. The lowest BCUT2D eigenvalue weighted by Gasteiger charge is -2.21. The van der Waals surface area contributed by atoms with Gasteiger partial charge in [-0.1, -0.05) is 32.0 Å². The summed E-state index contributed by atoms with van der Waals surface area (Å²) in [5, 5.41) is 8.46. The maximum absolute atomic E-state index is 12.5.